The van der Waals surface area contributed by atoms with Gasteiger partial charge < -0.3 is 5.11 Å². The summed E-state index contributed by atoms with van der Waals surface area (Å²) >= 11 is 0. The van der Waals surface area contributed by atoms with Crippen LogP contribution in [0.5, 0.6) is 0 Å². The summed E-state index contributed by atoms with van der Waals surface area (Å²) in [6, 6.07) is 9.72. The second kappa shape index (κ2) is 6.39. The van der Waals surface area contributed by atoms with Gasteiger partial charge in [0.15, 0.2) is 0 Å². The Labute approximate surface area is 86.1 Å². The van der Waals surface area contributed by atoms with E-state index in [2.05, 4.69) is 13.0 Å². The number of aliphatic hydroxyl groups excluding tert-OH is 1. The van der Waals surface area contributed by atoms with Crippen LogP contribution in [0.15, 0.2) is 42.5 Å². The molecule has 0 aliphatic heterocycles. The van der Waals surface area contributed by atoms with E-state index in [9.17, 15) is 5.11 Å². The second-order valence-electron chi connectivity index (χ2n) is 3.43. The van der Waals surface area contributed by atoms with Crippen molar-refractivity contribution in [3.8, 4) is 0 Å². The van der Waals surface area contributed by atoms with E-state index in [4.69, 9.17) is 0 Å². The van der Waals surface area contributed by atoms with Gasteiger partial charge in [-0.2, -0.15) is 0 Å². The Kier molecular flexibility index (Phi) is 5.02. The van der Waals surface area contributed by atoms with Gasteiger partial charge >= 0.3 is 0 Å². The Morgan fingerprint density at radius 1 is 1.29 bits per heavy atom. The molecule has 1 heteroatoms. The lowest BCUT2D eigenvalue weighted by atomic mass is 10.1. The molecule has 0 aliphatic carbocycles. The molecule has 1 atom stereocenters. The van der Waals surface area contributed by atoms with Crippen molar-refractivity contribution < 1.29 is 5.11 Å². The topological polar surface area (TPSA) is 20.2 Å². The van der Waals surface area contributed by atoms with Crippen molar-refractivity contribution in [1.82, 2.24) is 0 Å². The van der Waals surface area contributed by atoms with Crippen LogP contribution in [0, 0.1) is 0 Å². The highest BCUT2D eigenvalue weighted by Crippen LogP contribution is 2.13. The van der Waals surface area contributed by atoms with Gasteiger partial charge in [-0.3, -0.25) is 0 Å². The van der Waals surface area contributed by atoms with Crippen molar-refractivity contribution in [2.45, 2.75) is 32.3 Å². The zero-order valence-corrected chi connectivity index (χ0v) is 8.69. The lowest BCUT2D eigenvalue weighted by Gasteiger charge is -2.04. The van der Waals surface area contributed by atoms with Crippen LogP contribution in [0.25, 0.3) is 0 Å². The highest BCUT2D eigenvalue weighted by Gasteiger charge is 1.99. The van der Waals surface area contributed by atoms with Gasteiger partial charge in [0, 0.05) is 0 Å². The zero-order valence-electron chi connectivity index (χ0n) is 8.69. The van der Waals surface area contributed by atoms with E-state index < -0.39 is 6.10 Å². The second-order valence-corrected chi connectivity index (χ2v) is 3.43. The minimum Gasteiger partial charge on any atom is -0.384 e. The highest BCUT2D eigenvalue weighted by atomic mass is 16.3. The van der Waals surface area contributed by atoms with Crippen molar-refractivity contribution in [3.63, 3.8) is 0 Å². The number of aliphatic hydroxyl groups is 1. The molecule has 0 saturated carbocycles. The lowest BCUT2D eigenvalue weighted by molar-refractivity contribution is 0.228. The Morgan fingerprint density at radius 3 is 2.64 bits per heavy atom. The third-order valence-corrected chi connectivity index (χ3v) is 2.18. The molecule has 0 radical (unpaired) electrons. The predicted octanol–water partition coefficient (Wildman–Crippen LogP) is 3.47. The van der Waals surface area contributed by atoms with E-state index in [-0.39, 0.29) is 0 Å². The van der Waals surface area contributed by atoms with E-state index in [0.29, 0.717) is 0 Å². The van der Waals surface area contributed by atoms with Crippen LogP contribution < -0.4 is 0 Å². The molecule has 0 fully saturated rings. The van der Waals surface area contributed by atoms with Crippen molar-refractivity contribution in [3.05, 3.63) is 48.0 Å². The molecule has 14 heavy (non-hydrogen) atoms. The summed E-state index contributed by atoms with van der Waals surface area (Å²) < 4.78 is 0. The van der Waals surface area contributed by atoms with E-state index in [1.165, 1.54) is 12.8 Å². The van der Waals surface area contributed by atoms with Crippen LogP contribution in [0.1, 0.15) is 37.9 Å². The summed E-state index contributed by atoms with van der Waals surface area (Å²) in [4.78, 5) is 0. The molecule has 1 aromatic carbocycles. The number of rotatable bonds is 5. The average Bonchev–Trinajstić information content (AvgIpc) is 2.25. The first-order chi connectivity index (χ1) is 6.84. The van der Waals surface area contributed by atoms with Gasteiger partial charge in [0.2, 0.25) is 0 Å². The van der Waals surface area contributed by atoms with Gasteiger partial charge in [-0.05, 0) is 12.0 Å². The quantitative estimate of drug-likeness (QED) is 0.557. The molecule has 0 saturated heterocycles. The van der Waals surface area contributed by atoms with Gasteiger partial charge in [-0.25, -0.2) is 0 Å². The largest absolute Gasteiger partial charge is 0.384 e. The number of hydrogen-bond acceptors (Lipinski definition) is 1. The van der Waals surface area contributed by atoms with Gasteiger partial charge in [0.25, 0.3) is 0 Å². The molecular formula is C13H18O. The molecule has 0 spiro atoms. The fourth-order valence-corrected chi connectivity index (χ4v) is 1.31. The molecule has 1 N–H and O–H groups in total. The van der Waals surface area contributed by atoms with E-state index in [1.54, 1.807) is 0 Å². The van der Waals surface area contributed by atoms with Crippen LogP contribution in [0.4, 0.5) is 0 Å². The molecule has 0 aromatic heterocycles. The van der Waals surface area contributed by atoms with Crippen LogP contribution in [-0.4, -0.2) is 5.11 Å². The van der Waals surface area contributed by atoms with Crippen LogP contribution >= 0.6 is 0 Å². The summed E-state index contributed by atoms with van der Waals surface area (Å²) in [7, 11) is 0. The van der Waals surface area contributed by atoms with Crippen molar-refractivity contribution in [2.24, 2.45) is 0 Å². The van der Waals surface area contributed by atoms with Crippen LogP contribution in [0.2, 0.25) is 0 Å². The maximum Gasteiger partial charge on any atom is 0.0971 e. The molecule has 1 nitrogen and oxygen atoms in total. The van der Waals surface area contributed by atoms with Gasteiger partial charge in [0.05, 0.1) is 6.10 Å². The monoisotopic (exact) mass is 190 g/mol. The molecule has 0 heterocycles. The fourth-order valence-electron chi connectivity index (χ4n) is 1.31. The van der Waals surface area contributed by atoms with Crippen LogP contribution in [-0.2, 0) is 0 Å². The molecule has 1 aromatic rings. The van der Waals surface area contributed by atoms with E-state index >= 15 is 0 Å². The minimum absolute atomic E-state index is 0.451. The summed E-state index contributed by atoms with van der Waals surface area (Å²) in [6.07, 6.45) is 6.92. The van der Waals surface area contributed by atoms with Crippen molar-refractivity contribution in [2.75, 3.05) is 0 Å². The Bertz CT molecular complexity index is 264. The maximum atomic E-state index is 9.73. The Hall–Kier alpha value is -1.08. The molecule has 1 rings (SSSR count). The highest BCUT2D eigenvalue weighted by molar-refractivity contribution is 5.20. The number of unbranched alkanes of at least 4 members (excludes halogenated alkanes) is 2. The predicted molar refractivity (Wildman–Crippen MR) is 60.1 cm³/mol. The Balaban J connectivity index is 2.42. The molecule has 0 amide bonds. The summed E-state index contributed by atoms with van der Waals surface area (Å²) in [5, 5.41) is 9.73. The molecule has 0 unspecified atom stereocenters. The first-order valence-corrected chi connectivity index (χ1v) is 5.24. The molecule has 76 valence electrons. The normalized spacial score (nSPS) is 13.3. The lowest BCUT2D eigenvalue weighted by Crippen LogP contribution is -1.91. The summed E-state index contributed by atoms with van der Waals surface area (Å²) in [5.41, 5.74) is 0.959. The van der Waals surface area contributed by atoms with Gasteiger partial charge in [-0.15, -0.1) is 0 Å². The molecule has 0 aliphatic rings. The number of hydrogen-bond donors (Lipinski definition) is 1. The van der Waals surface area contributed by atoms with E-state index in [1.807, 2.05) is 36.4 Å². The smallest absolute Gasteiger partial charge is 0.0971 e. The van der Waals surface area contributed by atoms with Crippen molar-refractivity contribution >= 4 is 0 Å². The molecular weight excluding hydrogens is 172 g/mol. The summed E-state index contributed by atoms with van der Waals surface area (Å²) in [6.45, 7) is 2.17. The number of allylic oxidation sites excluding steroid dienone is 1. The average molecular weight is 190 g/mol. The zero-order chi connectivity index (χ0) is 10.2. The standard InChI is InChI=1S/C13H18O/c1-2-3-4-8-11-13(14)12-9-6-5-7-10-12/h5-11,13-14H,2-4H2,1H3/t13-/m0/s1. The molecule has 0 bridgehead atoms. The first-order valence-electron chi connectivity index (χ1n) is 5.24. The van der Waals surface area contributed by atoms with Crippen LogP contribution in [0.3, 0.4) is 0 Å². The third-order valence-electron chi connectivity index (χ3n) is 2.18. The minimum atomic E-state index is -0.451. The van der Waals surface area contributed by atoms with Crippen molar-refractivity contribution in [1.29, 1.82) is 0 Å². The Morgan fingerprint density at radius 2 is 2.00 bits per heavy atom. The first kappa shape index (κ1) is 11.0. The summed E-state index contributed by atoms with van der Waals surface area (Å²) in [5.74, 6) is 0. The third kappa shape index (κ3) is 3.75. The fraction of sp³-hybridized carbons (Fsp3) is 0.385. The number of benzene rings is 1. The maximum absolute atomic E-state index is 9.73. The van der Waals surface area contributed by atoms with E-state index in [0.717, 1.165) is 12.0 Å². The van der Waals surface area contributed by atoms with Gasteiger partial charge in [0.1, 0.15) is 0 Å². The SMILES string of the molecule is CCCCC=C[C@H](O)c1ccccc1. The van der Waals surface area contributed by atoms with Gasteiger partial charge in [-0.1, -0.05) is 62.2 Å².